The van der Waals surface area contributed by atoms with Crippen molar-refractivity contribution in [2.45, 2.75) is 13.0 Å². The normalized spacial score (nSPS) is 18.4. The Hall–Kier alpha value is -1.18. The van der Waals surface area contributed by atoms with Crippen LogP contribution in [0, 0.1) is 0 Å². The number of morpholine rings is 1. The number of amides is 1. The van der Waals surface area contributed by atoms with Gasteiger partial charge in [-0.25, -0.2) is 0 Å². The number of halogens is 1. The standard InChI is InChI=1S/C14H18BrN3O2S/c1-2-17-14(19)11-8-20-7-6-18(11)10-5-3-4-9(15)12(10)13(16)21/h3-5,11H,2,6-8H2,1H3,(H2,16,21)(H,17,19). The third-order valence-electron chi connectivity index (χ3n) is 3.33. The molecule has 1 aliphatic rings. The number of likely N-dealkylation sites (N-methyl/N-ethyl adjacent to an activating group) is 1. The number of rotatable bonds is 4. The summed E-state index contributed by atoms with van der Waals surface area (Å²) in [6, 6.07) is 5.35. The van der Waals surface area contributed by atoms with Crippen LogP contribution in [0.2, 0.25) is 0 Å². The van der Waals surface area contributed by atoms with E-state index < -0.39 is 0 Å². The van der Waals surface area contributed by atoms with E-state index in [0.717, 1.165) is 15.7 Å². The predicted octanol–water partition coefficient (Wildman–Crippen LogP) is 1.42. The lowest BCUT2D eigenvalue weighted by Crippen LogP contribution is -2.54. The molecule has 1 aromatic rings. The van der Waals surface area contributed by atoms with E-state index in [0.29, 0.717) is 31.3 Å². The molecule has 1 saturated heterocycles. The van der Waals surface area contributed by atoms with Gasteiger partial charge in [-0.3, -0.25) is 4.79 Å². The maximum atomic E-state index is 12.2. The van der Waals surface area contributed by atoms with Crippen LogP contribution in [-0.4, -0.2) is 43.2 Å². The smallest absolute Gasteiger partial charge is 0.245 e. The van der Waals surface area contributed by atoms with Crippen molar-refractivity contribution in [2.75, 3.05) is 31.2 Å². The minimum absolute atomic E-state index is 0.0499. The number of nitrogens with one attached hydrogen (secondary N) is 1. The Kier molecular flexibility index (Phi) is 5.55. The van der Waals surface area contributed by atoms with Gasteiger partial charge in [0.1, 0.15) is 11.0 Å². The topological polar surface area (TPSA) is 67.6 Å². The summed E-state index contributed by atoms with van der Waals surface area (Å²) in [5.41, 5.74) is 7.46. The number of nitrogens with zero attached hydrogens (tertiary/aromatic N) is 1. The van der Waals surface area contributed by atoms with E-state index >= 15 is 0 Å². The van der Waals surface area contributed by atoms with Gasteiger partial charge in [0, 0.05) is 28.8 Å². The summed E-state index contributed by atoms with van der Waals surface area (Å²) in [5.74, 6) is -0.0499. The zero-order chi connectivity index (χ0) is 15.4. The van der Waals surface area contributed by atoms with Crippen LogP contribution < -0.4 is 16.0 Å². The van der Waals surface area contributed by atoms with Crippen molar-refractivity contribution in [3.05, 3.63) is 28.2 Å². The molecule has 1 aliphatic heterocycles. The van der Waals surface area contributed by atoms with Gasteiger partial charge in [-0.2, -0.15) is 0 Å². The highest BCUT2D eigenvalue weighted by atomic mass is 79.9. The van der Waals surface area contributed by atoms with Gasteiger partial charge in [0.15, 0.2) is 0 Å². The first-order valence-corrected chi connectivity index (χ1v) is 7.96. The van der Waals surface area contributed by atoms with Gasteiger partial charge >= 0.3 is 0 Å². The highest BCUT2D eigenvalue weighted by Crippen LogP contribution is 2.30. The van der Waals surface area contributed by atoms with Crippen LogP contribution >= 0.6 is 28.1 Å². The van der Waals surface area contributed by atoms with Crippen LogP contribution in [0.1, 0.15) is 12.5 Å². The summed E-state index contributed by atoms with van der Waals surface area (Å²) in [6.07, 6.45) is 0. The number of carbonyl (C=O) groups is 1. The third kappa shape index (κ3) is 3.53. The van der Waals surface area contributed by atoms with Crippen LogP contribution in [0.5, 0.6) is 0 Å². The number of anilines is 1. The van der Waals surface area contributed by atoms with E-state index in [4.69, 9.17) is 22.7 Å². The van der Waals surface area contributed by atoms with Crippen molar-refractivity contribution in [1.29, 1.82) is 0 Å². The zero-order valence-corrected chi connectivity index (χ0v) is 14.2. The van der Waals surface area contributed by atoms with Crippen molar-refractivity contribution in [3.63, 3.8) is 0 Å². The molecule has 21 heavy (non-hydrogen) atoms. The summed E-state index contributed by atoms with van der Waals surface area (Å²) >= 11 is 8.63. The Bertz CT molecular complexity index is 553. The summed E-state index contributed by atoms with van der Waals surface area (Å²) < 4.78 is 6.28. The molecule has 2 rings (SSSR count). The van der Waals surface area contributed by atoms with Gasteiger partial charge in [-0.15, -0.1) is 0 Å². The Morgan fingerprint density at radius 1 is 1.62 bits per heavy atom. The lowest BCUT2D eigenvalue weighted by atomic mass is 10.1. The van der Waals surface area contributed by atoms with Crippen molar-refractivity contribution in [2.24, 2.45) is 5.73 Å². The second-order valence-electron chi connectivity index (χ2n) is 4.68. The van der Waals surface area contributed by atoms with Gasteiger partial charge in [0.2, 0.25) is 5.91 Å². The summed E-state index contributed by atoms with van der Waals surface area (Å²) in [4.78, 5) is 14.6. The quantitative estimate of drug-likeness (QED) is 0.783. The van der Waals surface area contributed by atoms with Crippen LogP contribution in [0.4, 0.5) is 5.69 Å². The minimum atomic E-state index is -0.374. The number of carbonyl (C=O) groups excluding carboxylic acids is 1. The van der Waals surface area contributed by atoms with Crippen LogP contribution in [0.25, 0.3) is 0 Å². The molecule has 1 atom stereocenters. The fourth-order valence-electron chi connectivity index (χ4n) is 2.40. The molecule has 3 N–H and O–H groups in total. The van der Waals surface area contributed by atoms with Gasteiger partial charge in [0.25, 0.3) is 0 Å². The number of ether oxygens (including phenoxy) is 1. The summed E-state index contributed by atoms with van der Waals surface area (Å²) in [7, 11) is 0. The van der Waals surface area contributed by atoms with Crippen LogP contribution in [-0.2, 0) is 9.53 Å². The largest absolute Gasteiger partial charge is 0.389 e. The van der Waals surface area contributed by atoms with E-state index in [2.05, 4.69) is 21.2 Å². The Morgan fingerprint density at radius 3 is 3.05 bits per heavy atom. The monoisotopic (exact) mass is 371 g/mol. The lowest BCUT2D eigenvalue weighted by molar-refractivity contribution is -0.124. The van der Waals surface area contributed by atoms with E-state index in [9.17, 15) is 4.79 Å². The number of benzene rings is 1. The maximum Gasteiger partial charge on any atom is 0.245 e. The summed E-state index contributed by atoms with van der Waals surface area (Å²) in [6.45, 7) is 4.03. The van der Waals surface area contributed by atoms with E-state index in [1.165, 1.54) is 0 Å². The van der Waals surface area contributed by atoms with Gasteiger partial charge in [-0.1, -0.05) is 18.3 Å². The third-order valence-corrected chi connectivity index (χ3v) is 4.19. The SMILES string of the molecule is CCNC(=O)C1COCCN1c1cccc(Br)c1C(N)=S. The average molecular weight is 372 g/mol. The van der Waals surface area contributed by atoms with Crippen molar-refractivity contribution >= 4 is 44.7 Å². The van der Waals surface area contributed by atoms with Gasteiger partial charge in [-0.05, 0) is 35.0 Å². The van der Waals surface area contributed by atoms with Crippen molar-refractivity contribution in [1.82, 2.24) is 5.32 Å². The first kappa shape index (κ1) is 16.2. The highest BCUT2D eigenvalue weighted by Gasteiger charge is 2.31. The summed E-state index contributed by atoms with van der Waals surface area (Å²) in [5, 5.41) is 2.84. The zero-order valence-electron chi connectivity index (χ0n) is 11.8. The Morgan fingerprint density at radius 2 is 2.38 bits per heavy atom. The maximum absolute atomic E-state index is 12.2. The Balaban J connectivity index is 2.40. The van der Waals surface area contributed by atoms with E-state index in [-0.39, 0.29) is 11.9 Å². The molecule has 114 valence electrons. The molecule has 0 saturated carbocycles. The first-order valence-electron chi connectivity index (χ1n) is 6.76. The first-order chi connectivity index (χ1) is 10.1. The molecule has 5 nitrogen and oxygen atoms in total. The molecule has 1 heterocycles. The average Bonchev–Trinajstić information content (AvgIpc) is 2.47. The second-order valence-corrected chi connectivity index (χ2v) is 5.97. The molecule has 1 unspecified atom stereocenters. The van der Waals surface area contributed by atoms with E-state index in [1.54, 1.807) is 0 Å². The lowest BCUT2D eigenvalue weighted by Gasteiger charge is -2.37. The van der Waals surface area contributed by atoms with Crippen molar-refractivity contribution < 1.29 is 9.53 Å². The van der Waals surface area contributed by atoms with Crippen LogP contribution in [0.15, 0.2) is 22.7 Å². The molecular weight excluding hydrogens is 354 g/mol. The molecule has 0 bridgehead atoms. The molecule has 0 spiro atoms. The molecule has 7 heteroatoms. The molecule has 0 radical (unpaired) electrons. The second kappa shape index (κ2) is 7.20. The molecule has 1 fully saturated rings. The fourth-order valence-corrected chi connectivity index (χ4v) is 3.31. The number of hydrogen-bond donors (Lipinski definition) is 2. The molecular formula is C14H18BrN3O2S. The van der Waals surface area contributed by atoms with Gasteiger partial charge < -0.3 is 20.7 Å². The van der Waals surface area contributed by atoms with Gasteiger partial charge in [0.05, 0.1) is 13.2 Å². The minimum Gasteiger partial charge on any atom is -0.389 e. The number of thiocarbonyl (C=S) groups is 1. The van der Waals surface area contributed by atoms with E-state index in [1.807, 2.05) is 30.0 Å². The molecule has 1 amide bonds. The number of hydrogen-bond acceptors (Lipinski definition) is 4. The highest BCUT2D eigenvalue weighted by molar-refractivity contribution is 9.10. The van der Waals surface area contributed by atoms with Crippen LogP contribution in [0.3, 0.4) is 0 Å². The fraction of sp³-hybridized carbons (Fsp3) is 0.429. The molecule has 0 aromatic heterocycles. The molecule has 0 aliphatic carbocycles. The molecule has 1 aromatic carbocycles. The predicted molar refractivity (Wildman–Crippen MR) is 90.7 cm³/mol. The van der Waals surface area contributed by atoms with Crippen molar-refractivity contribution in [3.8, 4) is 0 Å². The Labute approximate surface area is 137 Å². The number of nitrogens with two attached hydrogens (primary N) is 1.